The van der Waals surface area contributed by atoms with Crippen LogP contribution in [-0.4, -0.2) is 25.0 Å². The van der Waals surface area contributed by atoms with Gasteiger partial charge in [-0.1, -0.05) is 0 Å². The highest BCUT2D eigenvalue weighted by Crippen LogP contribution is 2.22. The lowest BCUT2D eigenvalue weighted by Gasteiger charge is -2.23. The number of carbonyl (C=O) groups is 1. The average Bonchev–Trinajstić information content (AvgIpc) is 2.66. The third-order valence-electron chi connectivity index (χ3n) is 2.46. The van der Waals surface area contributed by atoms with E-state index < -0.39 is 0 Å². The van der Waals surface area contributed by atoms with E-state index in [-0.39, 0.29) is 24.4 Å². The van der Waals surface area contributed by atoms with Crippen molar-refractivity contribution in [2.75, 3.05) is 13.1 Å². The molecule has 1 atom stereocenters. The van der Waals surface area contributed by atoms with Crippen molar-refractivity contribution in [3.63, 3.8) is 0 Å². The Bertz CT molecular complexity index is 352. The SMILES string of the molecule is Cl.O=C(N[C@H]1CCCNC1)c1sccc1Br. The van der Waals surface area contributed by atoms with Crippen LogP contribution in [0.3, 0.4) is 0 Å². The molecule has 2 heterocycles. The summed E-state index contributed by atoms with van der Waals surface area (Å²) in [6, 6.07) is 2.18. The summed E-state index contributed by atoms with van der Waals surface area (Å²) in [5.41, 5.74) is 0. The van der Waals surface area contributed by atoms with Gasteiger partial charge < -0.3 is 10.6 Å². The second kappa shape index (κ2) is 6.59. The van der Waals surface area contributed by atoms with Gasteiger partial charge in [-0.25, -0.2) is 0 Å². The Morgan fingerprint density at radius 1 is 1.62 bits per heavy atom. The Hall–Kier alpha value is -0.100. The van der Waals surface area contributed by atoms with Crippen LogP contribution < -0.4 is 10.6 Å². The van der Waals surface area contributed by atoms with Crippen molar-refractivity contribution in [3.8, 4) is 0 Å². The van der Waals surface area contributed by atoms with E-state index in [0.717, 1.165) is 35.3 Å². The van der Waals surface area contributed by atoms with Gasteiger partial charge in [-0.05, 0) is 46.8 Å². The van der Waals surface area contributed by atoms with Gasteiger partial charge in [0, 0.05) is 17.1 Å². The van der Waals surface area contributed by atoms with Crippen molar-refractivity contribution in [1.82, 2.24) is 10.6 Å². The standard InChI is InChI=1S/C10H13BrN2OS.ClH/c11-8-3-5-15-9(8)10(14)13-7-2-1-4-12-6-7;/h3,5,7,12H,1-2,4,6H2,(H,13,14);1H/t7-;/m0./s1. The van der Waals surface area contributed by atoms with Crippen molar-refractivity contribution in [3.05, 3.63) is 20.8 Å². The first kappa shape index (κ1) is 14.0. The Morgan fingerprint density at radius 3 is 3.00 bits per heavy atom. The molecule has 1 aromatic rings. The first-order valence-electron chi connectivity index (χ1n) is 5.02. The van der Waals surface area contributed by atoms with Crippen LogP contribution in [0.25, 0.3) is 0 Å². The molecule has 2 rings (SSSR count). The topological polar surface area (TPSA) is 41.1 Å². The van der Waals surface area contributed by atoms with Gasteiger partial charge in [0.05, 0.1) is 0 Å². The Morgan fingerprint density at radius 2 is 2.44 bits per heavy atom. The van der Waals surface area contributed by atoms with Gasteiger partial charge in [0.2, 0.25) is 0 Å². The van der Waals surface area contributed by atoms with Crippen LogP contribution in [0.2, 0.25) is 0 Å². The summed E-state index contributed by atoms with van der Waals surface area (Å²) >= 11 is 4.83. The van der Waals surface area contributed by atoms with Crippen molar-refractivity contribution >= 4 is 45.6 Å². The summed E-state index contributed by atoms with van der Waals surface area (Å²) in [5.74, 6) is 0.0329. The van der Waals surface area contributed by atoms with E-state index in [4.69, 9.17) is 0 Å². The molecule has 0 spiro atoms. The fraction of sp³-hybridized carbons (Fsp3) is 0.500. The molecule has 1 aliphatic heterocycles. The monoisotopic (exact) mass is 324 g/mol. The molecule has 1 saturated heterocycles. The van der Waals surface area contributed by atoms with Gasteiger partial charge >= 0.3 is 0 Å². The minimum atomic E-state index is 0. The zero-order valence-electron chi connectivity index (χ0n) is 8.66. The highest BCUT2D eigenvalue weighted by Gasteiger charge is 2.18. The van der Waals surface area contributed by atoms with Gasteiger partial charge in [-0.3, -0.25) is 4.79 Å². The van der Waals surface area contributed by atoms with Crippen LogP contribution in [0, 0.1) is 0 Å². The molecule has 0 bridgehead atoms. The Labute approximate surface area is 114 Å². The van der Waals surface area contributed by atoms with E-state index >= 15 is 0 Å². The van der Waals surface area contributed by atoms with Gasteiger partial charge in [0.15, 0.2) is 0 Å². The molecule has 1 aliphatic rings. The number of thiophene rings is 1. The molecule has 1 aromatic heterocycles. The zero-order chi connectivity index (χ0) is 10.7. The average molecular weight is 326 g/mol. The van der Waals surface area contributed by atoms with E-state index in [1.165, 1.54) is 11.3 Å². The van der Waals surface area contributed by atoms with Crippen LogP contribution in [0.5, 0.6) is 0 Å². The molecule has 2 N–H and O–H groups in total. The van der Waals surface area contributed by atoms with E-state index in [0.29, 0.717) is 0 Å². The van der Waals surface area contributed by atoms with Gasteiger partial charge in [0.25, 0.3) is 5.91 Å². The van der Waals surface area contributed by atoms with E-state index in [1.54, 1.807) is 0 Å². The third-order valence-corrected chi connectivity index (χ3v) is 4.29. The molecule has 0 aliphatic carbocycles. The predicted molar refractivity (Wildman–Crippen MR) is 72.6 cm³/mol. The number of hydrogen-bond acceptors (Lipinski definition) is 3. The maximum Gasteiger partial charge on any atom is 0.262 e. The van der Waals surface area contributed by atoms with Crippen LogP contribution in [0.4, 0.5) is 0 Å². The lowest BCUT2D eigenvalue weighted by molar-refractivity contribution is 0.0934. The zero-order valence-corrected chi connectivity index (χ0v) is 11.9. The molecule has 1 fully saturated rings. The maximum atomic E-state index is 11.8. The number of amides is 1. The number of carbonyl (C=O) groups excluding carboxylic acids is 1. The van der Waals surface area contributed by atoms with Crippen LogP contribution in [0.15, 0.2) is 15.9 Å². The molecular formula is C10H14BrClN2OS. The van der Waals surface area contributed by atoms with Crippen molar-refractivity contribution in [2.24, 2.45) is 0 Å². The summed E-state index contributed by atoms with van der Waals surface area (Å²) in [4.78, 5) is 12.6. The molecule has 3 nitrogen and oxygen atoms in total. The summed E-state index contributed by atoms with van der Waals surface area (Å²) in [5, 5.41) is 8.23. The summed E-state index contributed by atoms with van der Waals surface area (Å²) in [6.45, 7) is 1.95. The third kappa shape index (κ3) is 3.45. The molecule has 0 aromatic carbocycles. The van der Waals surface area contributed by atoms with E-state index in [2.05, 4.69) is 26.6 Å². The minimum Gasteiger partial charge on any atom is -0.347 e. The van der Waals surface area contributed by atoms with Crippen LogP contribution in [0.1, 0.15) is 22.5 Å². The molecule has 90 valence electrons. The quantitative estimate of drug-likeness (QED) is 0.877. The Balaban J connectivity index is 0.00000128. The predicted octanol–water partition coefficient (Wildman–Crippen LogP) is 2.41. The number of halogens is 2. The number of rotatable bonds is 2. The molecule has 0 unspecified atom stereocenters. The number of nitrogens with one attached hydrogen (secondary N) is 2. The number of piperidine rings is 1. The fourth-order valence-electron chi connectivity index (χ4n) is 1.68. The van der Waals surface area contributed by atoms with Gasteiger partial charge in [0.1, 0.15) is 4.88 Å². The lowest BCUT2D eigenvalue weighted by atomic mass is 10.1. The second-order valence-corrected chi connectivity index (χ2v) is 5.38. The molecular weight excluding hydrogens is 312 g/mol. The summed E-state index contributed by atoms with van der Waals surface area (Å²) in [6.07, 6.45) is 2.21. The molecule has 16 heavy (non-hydrogen) atoms. The molecule has 0 radical (unpaired) electrons. The van der Waals surface area contributed by atoms with Crippen molar-refractivity contribution in [1.29, 1.82) is 0 Å². The highest BCUT2D eigenvalue weighted by molar-refractivity contribution is 9.10. The largest absolute Gasteiger partial charge is 0.347 e. The van der Waals surface area contributed by atoms with Crippen LogP contribution >= 0.6 is 39.7 Å². The molecule has 0 saturated carbocycles. The first-order valence-corrected chi connectivity index (χ1v) is 6.69. The summed E-state index contributed by atoms with van der Waals surface area (Å²) in [7, 11) is 0. The number of hydrogen-bond donors (Lipinski definition) is 2. The lowest BCUT2D eigenvalue weighted by Crippen LogP contribution is -2.45. The molecule has 6 heteroatoms. The van der Waals surface area contributed by atoms with E-state index in [9.17, 15) is 4.79 Å². The first-order chi connectivity index (χ1) is 7.27. The highest BCUT2D eigenvalue weighted by atomic mass is 79.9. The van der Waals surface area contributed by atoms with Crippen LogP contribution in [-0.2, 0) is 0 Å². The fourth-order valence-corrected chi connectivity index (χ4v) is 3.14. The summed E-state index contributed by atoms with van der Waals surface area (Å²) < 4.78 is 0.883. The Kier molecular flexibility index (Phi) is 5.75. The minimum absolute atomic E-state index is 0. The second-order valence-electron chi connectivity index (χ2n) is 3.61. The van der Waals surface area contributed by atoms with Gasteiger partial charge in [-0.15, -0.1) is 23.7 Å². The van der Waals surface area contributed by atoms with Crippen molar-refractivity contribution in [2.45, 2.75) is 18.9 Å². The molecule has 1 amide bonds. The maximum absolute atomic E-state index is 11.8. The van der Waals surface area contributed by atoms with Gasteiger partial charge in [-0.2, -0.15) is 0 Å². The normalized spacial score (nSPS) is 19.9. The van der Waals surface area contributed by atoms with Crippen molar-refractivity contribution < 1.29 is 4.79 Å². The van der Waals surface area contributed by atoms with E-state index in [1.807, 2.05) is 11.4 Å². The smallest absolute Gasteiger partial charge is 0.262 e.